The Bertz CT molecular complexity index is 1590. The zero-order valence-corrected chi connectivity index (χ0v) is 22.2. The van der Waals surface area contributed by atoms with Crippen LogP contribution in [0.2, 0.25) is 0 Å². The maximum Gasteiger partial charge on any atom is 0.434 e. The van der Waals surface area contributed by atoms with Crippen LogP contribution in [-0.4, -0.2) is 41.6 Å². The van der Waals surface area contributed by atoms with E-state index in [0.29, 0.717) is 11.4 Å². The molecule has 3 aromatic heterocycles. The lowest BCUT2D eigenvalue weighted by Gasteiger charge is -2.27. The molecular formula is C26H25F6N7O2. The first kappa shape index (κ1) is 28.2. The molecule has 41 heavy (non-hydrogen) atoms. The number of imidazole rings is 1. The number of hydrogen-bond donors (Lipinski definition) is 0. The van der Waals surface area contributed by atoms with E-state index in [9.17, 15) is 26.7 Å². The second kappa shape index (κ2) is 10.6. The Labute approximate surface area is 229 Å². The van der Waals surface area contributed by atoms with Crippen LogP contribution in [0.25, 0.3) is 22.8 Å². The number of carbonyl (C=O) groups excluding carboxylic acids is 1. The fourth-order valence-electron chi connectivity index (χ4n) is 4.73. The summed E-state index contributed by atoms with van der Waals surface area (Å²) in [6, 6.07) is 5.31. The number of fused-ring (bicyclic) bond motifs is 1. The van der Waals surface area contributed by atoms with Crippen molar-refractivity contribution in [3.05, 3.63) is 53.7 Å². The van der Waals surface area contributed by atoms with Crippen molar-refractivity contribution in [2.24, 2.45) is 0 Å². The van der Waals surface area contributed by atoms with Gasteiger partial charge in [-0.1, -0.05) is 6.07 Å². The van der Waals surface area contributed by atoms with E-state index < -0.39 is 24.3 Å². The molecule has 0 atom stereocenters. The summed E-state index contributed by atoms with van der Waals surface area (Å²) in [5.41, 5.74) is -0.390. The number of halogens is 6. The van der Waals surface area contributed by atoms with Crippen molar-refractivity contribution in [3.63, 3.8) is 0 Å². The van der Waals surface area contributed by atoms with Crippen LogP contribution in [0.1, 0.15) is 44.5 Å². The highest BCUT2D eigenvalue weighted by molar-refractivity contribution is 5.94. The zero-order valence-electron chi connectivity index (χ0n) is 22.2. The lowest BCUT2D eigenvalue weighted by Crippen LogP contribution is -2.36. The van der Waals surface area contributed by atoms with Crippen LogP contribution < -0.4 is 9.64 Å². The van der Waals surface area contributed by atoms with Gasteiger partial charge in [0.15, 0.2) is 11.4 Å². The number of alkyl halides is 5. The zero-order chi connectivity index (χ0) is 29.6. The van der Waals surface area contributed by atoms with Crippen molar-refractivity contribution in [1.29, 1.82) is 0 Å². The summed E-state index contributed by atoms with van der Waals surface area (Å²) in [6.07, 6.45) is -2.58. The van der Waals surface area contributed by atoms with Crippen LogP contribution in [0.5, 0.6) is 5.75 Å². The summed E-state index contributed by atoms with van der Waals surface area (Å²) in [5.74, 6) is -1.05. The molecule has 1 aliphatic heterocycles. The number of nitrogens with zero attached hydrogens (tertiary/aromatic N) is 7. The van der Waals surface area contributed by atoms with E-state index in [2.05, 4.69) is 19.9 Å². The molecule has 5 rings (SSSR count). The Morgan fingerprint density at radius 3 is 2.54 bits per heavy atom. The van der Waals surface area contributed by atoms with Crippen molar-refractivity contribution in [2.45, 2.75) is 65.7 Å². The van der Waals surface area contributed by atoms with Gasteiger partial charge in [-0.3, -0.25) is 14.4 Å². The molecule has 0 aliphatic carbocycles. The molecule has 1 aliphatic rings. The van der Waals surface area contributed by atoms with Crippen LogP contribution >= 0.6 is 0 Å². The van der Waals surface area contributed by atoms with Gasteiger partial charge in [-0.2, -0.15) is 32.1 Å². The molecule has 0 fully saturated rings. The van der Waals surface area contributed by atoms with Gasteiger partial charge in [0, 0.05) is 31.3 Å². The number of benzene rings is 1. The number of hydrogen-bond acceptors (Lipinski definition) is 5. The monoisotopic (exact) mass is 581 g/mol. The highest BCUT2D eigenvalue weighted by Crippen LogP contribution is 2.37. The molecule has 0 saturated heterocycles. The Morgan fingerprint density at radius 1 is 1.15 bits per heavy atom. The Hall–Kier alpha value is -4.30. The second-order valence-electron chi connectivity index (χ2n) is 9.66. The van der Waals surface area contributed by atoms with Crippen molar-refractivity contribution in [3.8, 4) is 28.5 Å². The van der Waals surface area contributed by atoms with Crippen LogP contribution in [0.15, 0.2) is 36.7 Å². The van der Waals surface area contributed by atoms with E-state index in [0.717, 1.165) is 12.3 Å². The molecule has 1 aromatic carbocycles. The summed E-state index contributed by atoms with van der Waals surface area (Å²) < 4.78 is 89.8. The molecule has 9 nitrogen and oxygen atoms in total. The number of aryl methyl sites for hydroxylation is 2. The van der Waals surface area contributed by atoms with Crippen molar-refractivity contribution < 1.29 is 35.9 Å². The largest absolute Gasteiger partial charge is 0.434 e. The van der Waals surface area contributed by atoms with Crippen LogP contribution in [-0.2, 0) is 30.6 Å². The minimum Gasteiger partial charge on any atom is -0.431 e. The first-order valence-electron chi connectivity index (χ1n) is 12.7. The highest BCUT2D eigenvalue weighted by Gasteiger charge is 2.35. The molecule has 15 heteroatoms. The summed E-state index contributed by atoms with van der Waals surface area (Å²) in [7, 11) is 0. The summed E-state index contributed by atoms with van der Waals surface area (Å²) in [4.78, 5) is 17.9. The number of anilines is 1. The third-order valence-electron chi connectivity index (χ3n) is 6.61. The molecule has 4 heterocycles. The normalized spacial score (nSPS) is 13.9. The Morgan fingerprint density at radius 2 is 1.90 bits per heavy atom. The van der Waals surface area contributed by atoms with Crippen LogP contribution in [0.3, 0.4) is 0 Å². The maximum atomic E-state index is 15.2. The summed E-state index contributed by atoms with van der Waals surface area (Å²) in [5, 5.41) is 8.64. The van der Waals surface area contributed by atoms with Crippen LogP contribution in [0.4, 0.5) is 32.2 Å². The number of carbonyl (C=O) groups is 1. The molecule has 0 unspecified atom stereocenters. The number of ether oxygens (including phenoxy) is 1. The lowest BCUT2D eigenvalue weighted by atomic mass is 10.1. The first-order chi connectivity index (χ1) is 19.4. The van der Waals surface area contributed by atoms with Gasteiger partial charge in [0.05, 0.1) is 24.8 Å². The topological polar surface area (TPSA) is 83.0 Å². The van der Waals surface area contributed by atoms with Gasteiger partial charge in [0.1, 0.15) is 28.8 Å². The maximum absolute atomic E-state index is 15.2. The SMILES string of the molecule is CCn1cc(C(F)(F)F)nc1-c1ccc(CN2C(=O)CCn3nc(-c4c(OC(F)F)cnn4C(C)C)cc32)cc1F. The lowest BCUT2D eigenvalue weighted by molar-refractivity contribution is -0.140. The molecular weight excluding hydrogens is 556 g/mol. The molecule has 4 aromatic rings. The minimum atomic E-state index is -4.68. The third-order valence-corrected chi connectivity index (χ3v) is 6.61. The molecule has 0 radical (unpaired) electrons. The number of rotatable bonds is 8. The van der Waals surface area contributed by atoms with Gasteiger partial charge in [0.25, 0.3) is 0 Å². The first-order valence-corrected chi connectivity index (χ1v) is 12.7. The molecule has 0 N–H and O–H groups in total. The number of aromatic nitrogens is 6. The fourth-order valence-corrected chi connectivity index (χ4v) is 4.73. The molecule has 0 saturated carbocycles. The summed E-state index contributed by atoms with van der Waals surface area (Å²) >= 11 is 0. The Balaban J connectivity index is 1.47. The van der Waals surface area contributed by atoms with E-state index in [1.807, 2.05) is 13.8 Å². The third kappa shape index (κ3) is 5.39. The van der Waals surface area contributed by atoms with E-state index in [1.54, 1.807) is 17.7 Å². The van der Waals surface area contributed by atoms with Crippen molar-refractivity contribution >= 4 is 11.7 Å². The standard InChI is InChI=1S/C26H25F6N7O2/c1-4-36-13-20(26(30,31)32)34-24(36)16-6-5-15(9-17(16)27)12-37-21-10-18(35-38(21)8-7-22(37)40)23-19(41-25(28)29)11-33-39(23)14(2)3/h5-6,9-11,13-14,25H,4,7-8,12H2,1-3H3. The predicted octanol–water partition coefficient (Wildman–Crippen LogP) is 5.91. The quantitative estimate of drug-likeness (QED) is 0.242. The van der Waals surface area contributed by atoms with E-state index >= 15 is 4.39 Å². The highest BCUT2D eigenvalue weighted by atomic mass is 19.4. The van der Waals surface area contributed by atoms with Gasteiger partial charge in [-0.05, 0) is 38.5 Å². The van der Waals surface area contributed by atoms with E-state index in [-0.39, 0.29) is 66.5 Å². The van der Waals surface area contributed by atoms with Crippen LogP contribution in [0, 0.1) is 5.82 Å². The summed E-state index contributed by atoms with van der Waals surface area (Å²) in [6.45, 7) is 2.47. The van der Waals surface area contributed by atoms with Crippen molar-refractivity contribution in [2.75, 3.05) is 4.90 Å². The van der Waals surface area contributed by atoms with Crippen molar-refractivity contribution in [1.82, 2.24) is 29.1 Å². The molecule has 0 spiro atoms. The van der Waals surface area contributed by atoms with Gasteiger partial charge < -0.3 is 9.30 Å². The Kier molecular flexibility index (Phi) is 7.30. The smallest absolute Gasteiger partial charge is 0.431 e. The predicted molar refractivity (Wildman–Crippen MR) is 135 cm³/mol. The fraction of sp³-hybridized carbons (Fsp3) is 0.385. The molecule has 0 bridgehead atoms. The van der Waals surface area contributed by atoms with Gasteiger partial charge >= 0.3 is 12.8 Å². The van der Waals surface area contributed by atoms with E-state index in [4.69, 9.17) is 0 Å². The van der Waals surface area contributed by atoms with Gasteiger partial charge in [0.2, 0.25) is 5.91 Å². The molecule has 1 amide bonds. The average molecular weight is 582 g/mol. The van der Waals surface area contributed by atoms with Gasteiger partial charge in [-0.25, -0.2) is 14.1 Å². The average Bonchev–Trinajstić information content (AvgIpc) is 3.61. The van der Waals surface area contributed by atoms with Gasteiger partial charge in [-0.15, -0.1) is 0 Å². The number of amides is 1. The van der Waals surface area contributed by atoms with E-state index in [1.165, 1.54) is 32.5 Å². The minimum absolute atomic E-state index is 0.0684. The molecule has 218 valence electrons. The second-order valence-corrected chi connectivity index (χ2v) is 9.66.